The molecule has 3 N–H and O–H groups in total. The van der Waals surface area contributed by atoms with E-state index in [9.17, 15) is 15.0 Å². The summed E-state index contributed by atoms with van der Waals surface area (Å²) in [6.07, 6.45) is 1.36. The second kappa shape index (κ2) is 7.47. The lowest BCUT2D eigenvalue weighted by atomic mass is 9.87. The largest absolute Gasteiger partial charge is 0.507 e. The van der Waals surface area contributed by atoms with Crippen LogP contribution in [0.3, 0.4) is 0 Å². The van der Waals surface area contributed by atoms with Gasteiger partial charge in [-0.2, -0.15) is 0 Å². The van der Waals surface area contributed by atoms with Crippen molar-refractivity contribution in [3.63, 3.8) is 0 Å². The number of phenols is 1. The summed E-state index contributed by atoms with van der Waals surface area (Å²) in [6, 6.07) is 8.57. The van der Waals surface area contributed by atoms with Gasteiger partial charge in [-0.3, -0.25) is 4.79 Å². The van der Waals surface area contributed by atoms with Crippen LogP contribution >= 0.6 is 0 Å². The normalized spacial score (nSPS) is 16.8. The van der Waals surface area contributed by atoms with Gasteiger partial charge in [-0.25, -0.2) is 0 Å². The van der Waals surface area contributed by atoms with Gasteiger partial charge in [0.1, 0.15) is 5.75 Å². The predicted molar refractivity (Wildman–Crippen MR) is 96.8 cm³/mol. The van der Waals surface area contributed by atoms with Gasteiger partial charge < -0.3 is 25.0 Å². The molecule has 0 saturated carbocycles. The molecule has 1 fully saturated rings. The number of nitrogens with one attached hydrogen (secondary N) is 1. The van der Waals surface area contributed by atoms with Gasteiger partial charge in [0.2, 0.25) is 0 Å². The van der Waals surface area contributed by atoms with E-state index in [0.717, 1.165) is 0 Å². The summed E-state index contributed by atoms with van der Waals surface area (Å²) in [5, 5.41) is 27.0. The molecule has 0 atom stereocenters. The smallest absolute Gasteiger partial charge is 0.276 e. The van der Waals surface area contributed by atoms with Crippen LogP contribution in [0.15, 0.2) is 34.9 Å². The molecule has 2 heterocycles. The number of hydrogen-bond acceptors (Lipinski definition) is 6. The minimum Gasteiger partial charge on any atom is -0.507 e. The highest BCUT2D eigenvalue weighted by Gasteiger charge is 2.36. The zero-order valence-corrected chi connectivity index (χ0v) is 15.1. The van der Waals surface area contributed by atoms with Gasteiger partial charge in [-0.15, -0.1) is 0 Å². The maximum atomic E-state index is 12.7. The number of benzene rings is 1. The number of piperidine rings is 1. The van der Waals surface area contributed by atoms with Gasteiger partial charge in [0.05, 0.1) is 12.2 Å². The number of hydrogen-bond donors (Lipinski definition) is 3. The third-order valence-electron chi connectivity index (χ3n) is 4.80. The molecule has 7 heteroatoms. The minimum atomic E-state index is -0.338. The molecular formula is C19H25N3O4. The van der Waals surface area contributed by atoms with Gasteiger partial charge >= 0.3 is 0 Å². The molecule has 0 bridgehead atoms. The van der Waals surface area contributed by atoms with Crippen LogP contribution < -0.4 is 5.32 Å². The van der Waals surface area contributed by atoms with E-state index in [2.05, 4.69) is 10.5 Å². The maximum Gasteiger partial charge on any atom is 0.276 e. The Hall–Kier alpha value is -2.38. The van der Waals surface area contributed by atoms with Gasteiger partial charge in [0, 0.05) is 30.7 Å². The Balaban J connectivity index is 1.69. The van der Waals surface area contributed by atoms with Crippen LogP contribution in [0.4, 0.5) is 0 Å². The summed E-state index contributed by atoms with van der Waals surface area (Å²) in [4.78, 5) is 14.4. The van der Waals surface area contributed by atoms with Crippen molar-refractivity contribution in [1.29, 1.82) is 0 Å². The second-order valence-electron chi connectivity index (χ2n) is 7.12. The maximum absolute atomic E-state index is 12.7. The van der Waals surface area contributed by atoms with E-state index < -0.39 is 0 Å². The van der Waals surface area contributed by atoms with Gasteiger partial charge in [-0.05, 0) is 25.0 Å². The zero-order chi connectivity index (χ0) is 18.7. The molecule has 1 saturated heterocycles. The molecule has 140 valence electrons. The summed E-state index contributed by atoms with van der Waals surface area (Å²) < 4.78 is 5.25. The first-order valence-electron chi connectivity index (χ1n) is 8.87. The molecule has 0 radical (unpaired) electrons. The summed E-state index contributed by atoms with van der Waals surface area (Å²) in [6.45, 7) is 5.22. The number of rotatable bonds is 5. The zero-order valence-electron chi connectivity index (χ0n) is 15.1. The molecule has 0 aliphatic carbocycles. The first-order chi connectivity index (χ1) is 12.4. The average molecular weight is 359 g/mol. The number of carbonyl (C=O) groups is 1. The Kier molecular flexibility index (Phi) is 5.29. The van der Waals surface area contributed by atoms with E-state index in [1.54, 1.807) is 35.2 Å². The summed E-state index contributed by atoms with van der Waals surface area (Å²) in [5.41, 5.74) is 0.380. The number of phenolic OH excluding ortho intramolecular Hbond substituents is 1. The number of aliphatic hydroxyl groups excluding tert-OH is 1. The monoisotopic (exact) mass is 359 g/mol. The highest BCUT2D eigenvalue weighted by molar-refractivity contribution is 5.93. The van der Waals surface area contributed by atoms with E-state index in [1.807, 2.05) is 13.8 Å². The first-order valence-corrected chi connectivity index (χ1v) is 8.87. The van der Waals surface area contributed by atoms with Crippen molar-refractivity contribution in [3.8, 4) is 17.1 Å². The highest BCUT2D eigenvalue weighted by Crippen LogP contribution is 2.30. The Morgan fingerprint density at radius 2 is 2.04 bits per heavy atom. The molecule has 1 aromatic heterocycles. The Morgan fingerprint density at radius 1 is 1.35 bits per heavy atom. The number of nitrogens with zero attached hydrogens (tertiary/aromatic N) is 2. The van der Waals surface area contributed by atoms with Crippen LogP contribution in [-0.4, -0.2) is 57.5 Å². The van der Waals surface area contributed by atoms with Crippen molar-refractivity contribution >= 4 is 5.91 Å². The van der Waals surface area contributed by atoms with Crippen molar-refractivity contribution in [3.05, 3.63) is 36.0 Å². The quantitative estimate of drug-likeness (QED) is 0.755. The third kappa shape index (κ3) is 3.73. The Bertz CT molecular complexity index is 764. The summed E-state index contributed by atoms with van der Waals surface area (Å²) in [5.74, 6) is 0.231. The number of aromatic hydroxyl groups is 1. The van der Waals surface area contributed by atoms with Gasteiger partial charge in [-0.1, -0.05) is 31.1 Å². The fourth-order valence-electron chi connectivity index (χ4n) is 3.45. The molecular weight excluding hydrogens is 334 g/mol. The SMILES string of the molecule is CC(C)NC1(CO)CCN(C(=O)c2cc(-c3ccccc3O)on2)CC1. The highest BCUT2D eigenvalue weighted by atomic mass is 16.5. The van der Waals surface area contributed by atoms with Crippen LogP contribution in [0.1, 0.15) is 37.2 Å². The summed E-state index contributed by atoms with van der Waals surface area (Å²) >= 11 is 0. The molecule has 1 aliphatic rings. The molecule has 0 unspecified atom stereocenters. The van der Waals surface area contributed by atoms with Crippen molar-refractivity contribution in [2.75, 3.05) is 19.7 Å². The minimum absolute atomic E-state index is 0.0502. The van der Waals surface area contributed by atoms with Crippen LogP contribution in [0, 0.1) is 0 Å². The molecule has 1 aliphatic heterocycles. The lowest BCUT2D eigenvalue weighted by Crippen LogP contribution is -2.58. The van der Waals surface area contributed by atoms with Crippen LogP contribution in [-0.2, 0) is 0 Å². The topological polar surface area (TPSA) is 98.8 Å². The van der Waals surface area contributed by atoms with E-state index >= 15 is 0 Å². The van der Waals surface area contributed by atoms with Crippen molar-refractivity contribution < 1.29 is 19.5 Å². The van der Waals surface area contributed by atoms with E-state index in [4.69, 9.17) is 4.52 Å². The van der Waals surface area contributed by atoms with Crippen LogP contribution in [0.25, 0.3) is 11.3 Å². The predicted octanol–water partition coefficient (Wildman–Crippen LogP) is 2.01. The lowest BCUT2D eigenvalue weighted by molar-refractivity contribution is 0.0503. The Morgan fingerprint density at radius 3 is 2.65 bits per heavy atom. The van der Waals surface area contributed by atoms with Crippen molar-refractivity contribution in [2.24, 2.45) is 0 Å². The summed E-state index contributed by atoms with van der Waals surface area (Å²) in [7, 11) is 0. The molecule has 7 nitrogen and oxygen atoms in total. The van der Waals surface area contributed by atoms with Crippen molar-refractivity contribution in [1.82, 2.24) is 15.4 Å². The van der Waals surface area contributed by atoms with Crippen molar-refractivity contribution in [2.45, 2.75) is 38.3 Å². The number of carbonyl (C=O) groups excluding carboxylic acids is 1. The van der Waals surface area contributed by atoms with Crippen LogP contribution in [0.5, 0.6) is 5.75 Å². The number of aliphatic hydroxyl groups is 1. The molecule has 2 aromatic rings. The molecule has 1 amide bonds. The van der Waals surface area contributed by atoms with Crippen LogP contribution in [0.2, 0.25) is 0 Å². The van der Waals surface area contributed by atoms with Gasteiger partial charge in [0.15, 0.2) is 11.5 Å². The number of aromatic nitrogens is 1. The lowest BCUT2D eigenvalue weighted by Gasteiger charge is -2.42. The fourth-order valence-corrected chi connectivity index (χ4v) is 3.45. The fraction of sp³-hybridized carbons (Fsp3) is 0.474. The average Bonchev–Trinajstić information content (AvgIpc) is 3.11. The molecule has 26 heavy (non-hydrogen) atoms. The van der Waals surface area contributed by atoms with E-state index in [1.165, 1.54) is 0 Å². The number of amides is 1. The molecule has 3 rings (SSSR count). The van der Waals surface area contributed by atoms with Gasteiger partial charge in [0.25, 0.3) is 5.91 Å². The number of para-hydroxylation sites is 1. The third-order valence-corrected chi connectivity index (χ3v) is 4.80. The first kappa shape index (κ1) is 18.4. The second-order valence-corrected chi connectivity index (χ2v) is 7.12. The molecule has 1 aromatic carbocycles. The van der Waals surface area contributed by atoms with E-state index in [-0.39, 0.29) is 35.5 Å². The Labute approximate surface area is 152 Å². The van der Waals surface area contributed by atoms with E-state index in [0.29, 0.717) is 37.3 Å². The standard InChI is InChI=1S/C19H25N3O4/c1-13(2)20-19(12-23)7-9-22(10-8-19)18(25)15-11-17(26-21-15)14-5-3-4-6-16(14)24/h3-6,11,13,20,23-24H,7-10,12H2,1-2H3. The molecule has 0 spiro atoms. The number of likely N-dealkylation sites (tertiary alicyclic amines) is 1.